The van der Waals surface area contributed by atoms with Crippen molar-refractivity contribution in [2.45, 2.75) is 50.7 Å². The predicted octanol–water partition coefficient (Wildman–Crippen LogP) is 3.61. The van der Waals surface area contributed by atoms with E-state index in [4.69, 9.17) is 11.6 Å². The van der Waals surface area contributed by atoms with Gasteiger partial charge in [0.2, 0.25) is 17.6 Å². The van der Waals surface area contributed by atoms with Gasteiger partial charge in [-0.15, -0.1) is 0 Å². The molecule has 1 rings (SSSR count). The molecule has 7 nitrogen and oxygen atoms in total. The van der Waals surface area contributed by atoms with Crippen molar-refractivity contribution in [1.29, 1.82) is 0 Å². The number of ketones is 1. The van der Waals surface area contributed by atoms with Gasteiger partial charge in [0, 0.05) is 19.9 Å². The first-order valence-corrected chi connectivity index (χ1v) is 9.72. The zero-order valence-electron chi connectivity index (χ0n) is 17.3. The molecule has 0 aromatic heterocycles. The maximum Gasteiger partial charge on any atom is 0.389 e. The van der Waals surface area contributed by atoms with Gasteiger partial charge in [-0.1, -0.05) is 11.6 Å². The molecule has 0 saturated carbocycles. The Balaban J connectivity index is 3.18. The number of rotatable bonds is 10. The molecule has 0 saturated heterocycles. The van der Waals surface area contributed by atoms with Gasteiger partial charge in [0.1, 0.15) is 5.82 Å². The number of amides is 3. The minimum Gasteiger partial charge on any atom is -0.353 e. The highest BCUT2D eigenvalue weighted by Crippen LogP contribution is 2.27. The molecule has 33 heavy (non-hydrogen) atoms. The Labute approximate surface area is 189 Å². The summed E-state index contributed by atoms with van der Waals surface area (Å²) in [6.07, 6.45) is -8.68. The van der Waals surface area contributed by atoms with Crippen molar-refractivity contribution in [2.75, 3.05) is 12.4 Å². The van der Waals surface area contributed by atoms with E-state index in [-0.39, 0.29) is 0 Å². The van der Waals surface area contributed by atoms with Crippen LogP contribution in [0.1, 0.15) is 43.0 Å². The van der Waals surface area contributed by atoms with E-state index in [0.29, 0.717) is 13.0 Å². The summed E-state index contributed by atoms with van der Waals surface area (Å²) in [7, 11) is 1.10. The minimum atomic E-state index is -4.64. The average Bonchev–Trinajstić information content (AvgIpc) is 2.69. The summed E-state index contributed by atoms with van der Waals surface area (Å²) in [5.41, 5.74) is -1.15. The zero-order chi connectivity index (χ0) is 25.6. The van der Waals surface area contributed by atoms with Crippen LogP contribution in [-0.4, -0.2) is 48.7 Å². The number of Topliss-reactive ketones (excluding diaryl/α,β-unsaturated/α-hetero) is 1. The third-order valence-corrected chi connectivity index (χ3v) is 4.45. The molecule has 0 aliphatic heterocycles. The number of hydrogen-bond acceptors (Lipinski definition) is 4. The topological polar surface area (TPSA) is 104 Å². The van der Waals surface area contributed by atoms with Crippen LogP contribution >= 0.6 is 11.6 Å². The van der Waals surface area contributed by atoms with Crippen molar-refractivity contribution in [3.05, 3.63) is 28.5 Å². The van der Waals surface area contributed by atoms with Crippen LogP contribution in [0.2, 0.25) is 5.02 Å². The second kappa shape index (κ2) is 11.3. The summed E-state index contributed by atoms with van der Waals surface area (Å²) in [4.78, 5) is 48.3. The zero-order valence-corrected chi connectivity index (χ0v) is 18.1. The van der Waals surface area contributed by atoms with Gasteiger partial charge in [-0.25, -0.2) is 13.2 Å². The maximum absolute atomic E-state index is 13.9. The Morgan fingerprint density at radius 1 is 1.06 bits per heavy atom. The van der Waals surface area contributed by atoms with E-state index < -0.39 is 89.4 Å². The molecule has 0 spiro atoms. The fraction of sp³-hybridized carbons (Fsp3) is 0.474. The molecule has 0 radical (unpaired) electrons. The van der Waals surface area contributed by atoms with Crippen LogP contribution in [-0.2, 0) is 14.4 Å². The normalized spacial score (nSPS) is 12.6. The van der Waals surface area contributed by atoms with Gasteiger partial charge < -0.3 is 16.0 Å². The molecule has 1 aromatic carbocycles. The van der Waals surface area contributed by atoms with Crippen molar-refractivity contribution in [1.82, 2.24) is 10.6 Å². The molecule has 3 amide bonds. The molecular formula is C19H20ClF6N3O4. The van der Waals surface area contributed by atoms with Gasteiger partial charge in [-0.2, -0.15) is 13.2 Å². The smallest absolute Gasteiger partial charge is 0.353 e. The van der Waals surface area contributed by atoms with Gasteiger partial charge >= 0.3 is 6.18 Å². The molecule has 0 aliphatic rings. The summed E-state index contributed by atoms with van der Waals surface area (Å²) in [6, 6.07) is -0.430. The minimum absolute atomic E-state index is 0.560. The van der Waals surface area contributed by atoms with Crippen molar-refractivity contribution >= 4 is 40.8 Å². The summed E-state index contributed by atoms with van der Waals surface area (Å²) in [5.74, 6) is -9.21. The van der Waals surface area contributed by atoms with Crippen molar-refractivity contribution in [3.63, 3.8) is 0 Å². The van der Waals surface area contributed by atoms with Crippen molar-refractivity contribution in [3.8, 4) is 0 Å². The van der Waals surface area contributed by atoms with E-state index in [1.807, 2.05) is 16.0 Å². The third kappa shape index (κ3) is 9.68. The molecule has 0 heterocycles. The first-order chi connectivity index (χ1) is 15.0. The molecule has 1 aromatic rings. The van der Waals surface area contributed by atoms with Crippen LogP contribution in [0, 0.1) is 5.82 Å². The van der Waals surface area contributed by atoms with Gasteiger partial charge in [-0.3, -0.25) is 19.2 Å². The largest absolute Gasteiger partial charge is 0.389 e. The maximum atomic E-state index is 13.9. The summed E-state index contributed by atoms with van der Waals surface area (Å²) in [5, 5.41) is 5.36. The lowest BCUT2D eigenvalue weighted by atomic mass is 10.0. The van der Waals surface area contributed by atoms with Crippen LogP contribution in [0.25, 0.3) is 0 Å². The second-order valence-corrected chi connectivity index (χ2v) is 7.46. The molecule has 184 valence electrons. The molecule has 14 heteroatoms. The Morgan fingerprint density at radius 3 is 2.18 bits per heavy atom. The molecular weight excluding hydrogens is 484 g/mol. The van der Waals surface area contributed by atoms with Crippen LogP contribution in [0.15, 0.2) is 12.1 Å². The van der Waals surface area contributed by atoms with Gasteiger partial charge in [0.25, 0.3) is 11.8 Å². The molecule has 1 atom stereocenters. The first kappa shape index (κ1) is 28.2. The Hall–Kier alpha value is -2.83. The molecule has 0 bridgehead atoms. The predicted molar refractivity (Wildman–Crippen MR) is 106 cm³/mol. The number of anilines is 1. The molecule has 0 fully saturated rings. The fourth-order valence-electron chi connectivity index (χ4n) is 2.49. The Bertz CT molecular complexity index is 918. The Morgan fingerprint density at radius 2 is 1.67 bits per heavy atom. The van der Waals surface area contributed by atoms with Gasteiger partial charge in [0.15, 0.2) is 0 Å². The van der Waals surface area contributed by atoms with E-state index in [1.165, 1.54) is 0 Å². The van der Waals surface area contributed by atoms with Crippen LogP contribution in [0.3, 0.4) is 0 Å². The van der Waals surface area contributed by atoms with Crippen molar-refractivity contribution in [2.24, 2.45) is 0 Å². The number of likely N-dealkylation sites (N-methyl/N-ethyl adjacent to an activating group) is 1. The van der Waals surface area contributed by atoms with E-state index in [1.54, 1.807) is 0 Å². The number of benzene rings is 1. The molecule has 0 aliphatic carbocycles. The lowest BCUT2D eigenvalue weighted by Gasteiger charge is -2.20. The molecule has 3 N–H and O–H groups in total. The Kier molecular flexibility index (Phi) is 9.70. The van der Waals surface area contributed by atoms with Crippen LogP contribution in [0.4, 0.5) is 32.0 Å². The number of hydrogen-bond donors (Lipinski definition) is 3. The lowest BCUT2D eigenvalue weighted by Crippen LogP contribution is -2.47. The average molecular weight is 504 g/mol. The number of nitrogens with one attached hydrogen (secondary N) is 3. The number of halogens is 7. The number of carbonyl (C=O) groups is 4. The second-order valence-electron chi connectivity index (χ2n) is 7.05. The van der Waals surface area contributed by atoms with E-state index in [0.717, 1.165) is 13.1 Å². The van der Waals surface area contributed by atoms with Crippen molar-refractivity contribution < 1.29 is 45.5 Å². The molecule has 0 unspecified atom stereocenters. The van der Waals surface area contributed by atoms with E-state index in [2.05, 4.69) is 0 Å². The van der Waals surface area contributed by atoms with Gasteiger partial charge in [0.05, 0.1) is 28.7 Å². The van der Waals surface area contributed by atoms with Gasteiger partial charge in [-0.05, 0) is 25.5 Å². The van der Waals surface area contributed by atoms with E-state index in [9.17, 15) is 45.5 Å². The highest BCUT2D eigenvalue weighted by Gasteiger charge is 2.32. The fourth-order valence-corrected chi connectivity index (χ4v) is 2.65. The summed E-state index contributed by atoms with van der Waals surface area (Å²) >= 11 is 5.63. The number of carbonyl (C=O) groups excluding carboxylic acids is 4. The highest BCUT2D eigenvalue weighted by molar-refractivity contribution is 6.38. The quantitative estimate of drug-likeness (QED) is 0.335. The highest BCUT2D eigenvalue weighted by atomic mass is 35.5. The monoisotopic (exact) mass is 503 g/mol. The van der Waals surface area contributed by atoms with Crippen LogP contribution < -0.4 is 16.0 Å². The van der Waals surface area contributed by atoms with E-state index >= 15 is 0 Å². The number of alkyl halides is 5. The first-order valence-electron chi connectivity index (χ1n) is 9.34. The SMILES string of the molecule is CNC(=O)C(=O)[C@H](CCC(C)(F)F)NC(=O)c1cc(Cl)c(F)cc1NC(=O)CCC(F)(F)F. The standard InChI is InChI=1S/C19H20ClF6N3O4/c1-18(22,23)5-3-12(15(31)17(33)27-2)29-16(32)9-7-10(20)11(21)8-13(9)28-14(30)4-6-19(24,25)26/h7-8,12H,3-6H2,1-2H3,(H,27,33)(H,28,30)(H,29,32)/t12-/m0/s1. The lowest BCUT2D eigenvalue weighted by molar-refractivity contribution is -0.142. The third-order valence-electron chi connectivity index (χ3n) is 4.16. The van der Waals surface area contributed by atoms with Crippen LogP contribution in [0.5, 0.6) is 0 Å². The summed E-state index contributed by atoms with van der Waals surface area (Å²) < 4.78 is 77.3. The summed E-state index contributed by atoms with van der Waals surface area (Å²) in [6.45, 7) is 0.560.